The Morgan fingerprint density at radius 2 is 1.63 bits per heavy atom. The van der Waals surface area contributed by atoms with Crippen molar-refractivity contribution in [2.45, 2.75) is 37.6 Å². The molecule has 2 aliphatic rings. The Bertz CT molecular complexity index is 286. The summed E-state index contributed by atoms with van der Waals surface area (Å²) in [4.78, 5) is 4.98. The number of likely N-dealkylation sites (N-methyl/N-ethyl adjacent to an activating group) is 2. The quantitative estimate of drug-likeness (QED) is 0.753. The summed E-state index contributed by atoms with van der Waals surface area (Å²) in [5, 5.41) is 0. The van der Waals surface area contributed by atoms with Crippen LogP contribution in [0.5, 0.6) is 0 Å². The van der Waals surface area contributed by atoms with Crippen molar-refractivity contribution in [1.29, 1.82) is 0 Å². The van der Waals surface area contributed by atoms with Crippen LogP contribution in [0.3, 0.4) is 0 Å². The van der Waals surface area contributed by atoms with Crippen molar-refractivity contribution in [2.75, 3.05) is 53.2 Å². The van der Waals surface area contributed by atoms with Gasteiger partial charge in [0.1, 0.15) is 0 Å². The van der Waals surface area contributed by atoms with Gasteiger partial charge in [-0.2, -0.15) is 12.6 Å². The molecule has 0 bridgehead atoms. The Morgan fingerprint density at radius 1 is 1.00 bits per heavy atom. The molecule has 3 nitrogen and oxygen atoms in total. The van der Waals surface area contributed by atoms with Gasteiger partial charge < -0.3 is 14.5 Å². The molecule has 4 heteroatoms. The summed E-state index contributed by atoms with van der Waals surface area (Å²) < 4.78 is 5.52. The van der Waals surface area contributed by atoms with E-state index in [1.54, 1.807) is 0 Å². The molecule has 0 unspecified atom stereocenters. The highest BCUT2D eigenvalue weighted by Gasteiger charge is 2.41. The minimum Gasteiger partial charge on any atom is -0.381 e. The lowest BCUT2D eigenvalue weighted by Gasteiger charge is -2.50. The molecule has 112 valence electrons. The Kier molecular flexibility index (Phi) is 5.21. The number of rotatable bonds is 6. The molecule has 0 aromatic carbocycles. The second-order valence-electron chi connectivity index (χ2n) is 6.92. The van der Waals surface area contributed by atoms with Crippen molar-refractivity contribution in [2.24, 2.45) is 5.41 Å². The van der Waals surface area contributed by atoms with Crippen LogP contribution in [0.1, 0.15) is 32.1 Å². The number of thiol groups is 1. The predicted octanol–water partition coefficient (Wildman–Crippen LogP) is 2.13. The SMILES string of the molecule is CN(CC1(CS)CCOCC1)CC1(N(C)C)CCC1. The summed E-state index contributed by atoms with van der Waals surface area (Å²) in [6.45, 7) is 4.17. The van der Waals surface area contributed by atoms with Gasteiger partial charge in [-0.25, -0.2) is 0 Å². The highest BCUT2D eigenvalue weighted by atomic mass is 32.1. The van der Waals surface area contributed by atoms with E-state index in [2.05, 4.69) is 43.6 Å². The molecular weight excluding hydrogens is 256 g/mol. The second-order valence-corrected chi connectivity index (χ2v) is 7.23. The Hall–Kier alpha value is 0.230. The molecule has 2 fully saturated rings. The summed E-state index contributed by atoms with van der Waals surface area (Å²) in [5.41, 5.74) is 0.797. The molecule has 0 radical (unpaired) electrons. The maximum Gasteiger partial charge on any atom is 0.0472 e. The van der Waals surface area contributed by atoms with Crippen LogP contribution in [-0.2, 0) is 4.74 Å². The van der Waals surface area contributed by atoms with Crippen LogP contribution in [0.2, 0.25) is 0 Å². The summed E-state index contributed by atoms with van der Waals surface area (Å²) in [6.07, 6.45) is 6.41. The average molecular weight is 286 g/mol. The molecule has 1 saturated heterocycles. The van der Waals surface area contributed by atoms with Crippen molar-refractivity contribution >= 4 is 12.6 Å². The fraction of sp³-hybridized carbons (Fsp3) is 1.00. The first-order chi connectivity index (χ1) is 9.02. The van der Waals surface area contributed by atoms with Crippen LogP contribution in [0.25, 0.3) is 0 Å². The third kappa shape index (κ3) is 3.46. The topological polar surface area (TPSA) is 15.7 Å². The normalized spacial score (nSPS) is 25.6. The first-order valence-electron chi connectivity index (χ1n) is 7.57. The first-order valence-corrected chi connectivity index (χ1v) is 8.20. The predicted molar refractivity (Wildman–Crippen MR) is 84.1 cm³/mol. The Labute approximate surface area is 124 Å². The van der Waals surface area contributed by atoms with Gasteiger partial charge in [-0.1, -0.05) is 0 Å². The first kappa shape index (κ1) is 15.6. The summed E-state index contributed by atoms with van der Waals surface area (Å²) in [7, 11) is 6.75. The third-order valence-corrected chi connectivity index (χ3v) is 5.96. The summed E-state index contributed by atoms with van der Waals surface area (Å²) in [5.74, 6) is 0.982. The van der Waals surface area contributed by atoms with Gasteiger partial charge in [0, 0.05) is 31.8 Å². The highest BCUT2D eigenvalue weighted by Crippen LogP contribution is 2.38. The molecule has 1 saturated carbocycles. The van der Waals surface area contributed by atoms with Crippen LogP contribution >= 0.6 is 12.6 Å². The second kappa shape index (κ2) is 6.33. The minimum atomic E-state index is 0.368. The molecule has 0 atom stereocenters. The number of nitrogens with zero attached hydrogens (tertiary/aromatic N) is 2. The van der Waals surface area contributed by atoms with Crippen molar-refractivity contribution in [1.82, 2.24) is 9.80 Å². The van der Waals surface area contributed by atoms with Crippen LogP contribution in [0.15, 0.2) is 0 Å². The Morgan fingerprint density at radius 3 is 2.05 bits per heavy atom. The van der Waals surface area contributed by atoms with E-state index in [4.69, 9.17) is 4.74 Å². The van der Waals surface area contributed by atoms with Crippen molar-refractivity contribution in [3.05, 3.63) is 0 Å². The van der Waals surface area contributed by atoms with Gasteiger partial charge in [0.15, 0.2) is 0 Å². The lowest BCUT2D eigenvalue weighted by Crippen LogP contribution is -2.58. The molecule has 1 aliphatic heterocycles. The molecule has 0 aromatic heterocycles. The maximum atomic E-state index is 5.52. The largest absolute Gasteiger partial charge is 0.381 e. The zero-order valence-electron chi connectivity index (χ0n) is 12.8. The van der Waals surface area contributed by atoms with Gasteiger partial charge in [0.2, 0.25) is 0 Å². The van der Waals surface area contributed by atoms with Gasteiger partial charge >= 0.3 is 0 Å². The lowest BCUT2D eigenvalue weighted by molar-refractivity contribution is -0.0131. The highest BCUT2D eigenvalue weighted by molar-refractivity contribution is 7.80. The van der Waals surface area contributed by atoms with Crippen LogP contribution in [0, 0.1) is 5.41 Å². The van der Waals surface area contributed by atoms with E-state index in [1.165, 1.54) is 25.8 Å². The van der Waals surface area contributed by atoms with E-state index in [0.717, 1.165) is 38.4 Å². The number of hydrogen-bond donors (Lipinski definition) is 1. The van der Waals surface area contributed by atoms with Crippen molar-refractivity contribution in [3.63, 3.8) is 0 Å². The molecule has 19 heavy (non-hydrogen) atoms. The molecule has 0 aromatic rings. The molecular formula is C15H30N2OS. The lowest BCUT2D eigenvalue weighted by atomic mass is 9.74. The molecule has 0 spiro atoms. The standard InChI is InChI=1S/C15H30N2OS/c1-16(2)15(5-4-6-15)12-17(3)11-14(13-19)7-9-18-10-8-14/h19H,4-13H2,1-3H3. The molecule has 2 rings (SSSR count). The number of hydrogen-bond acceptors (Lipinski definition) is 4. The van der Waals surface area contributed by atoms with Gasteiger partial charge in [-0.05, 0) is 64.4 Å². The van der Waals surface area contributed by atoms with E-state index >= 15 is 0 Å². The smallest absolute Gasteiger partial charge is 0.0472 e. The minimum absolute atomic E-state index is 0.368. The fourth-order valence-corrected chi connectivity index (χ4v) is 4.05. The van der Waals surface area contributed by atoms with Gasteiger partial charge in [-0.3, -0.25) is 0 Å². The van der Waals surface area contributed by atoms with Crippen LogP contribution < -0.4 is 0 Å². The zero-order valence-corrected chi connectivity index (χ0v) is 13.7. The monoisotopic (exact) mass is 286 g/mol. The van der Waals surface area contributed by atoms with E-state index in [1.807, 2.05) is 0 Å². The van der Waals surface area contributed by atoms with Crippen LogP contribution in [0.4, 0.5) is 0 Å². The fourth-order valence-electron chi connectivity index (χ4n) is 3.63. The summed E-state index contributed by atoms with van der Waals surface area (Å²) >= 11 is 4.62. The van der Waals surface area contributed by atoms with Gasteiger partial charge in [0.25, 0.3) is 0 Å². The Balaban J connectivity index is 1.90. The van der Waals surface area contributed by atoms with E-state index in [-0.39, 0.29) is 0 Å². The van der Waals surface area contributed by atoms with E-state index in [9.17, 15) is 0 Å². The number of ether oxygens (including phenoxy) is 1. The van der Waals surface area contributed by atoms with E-state index in [0.29, 0.717) is 11.0 Å². The van der Waals surface area contributed by atoms with E-state index < -0.39 is 0 Å². The third-order valence-electron chi connectivity index (χ3n) is 5.29. The maximum absolute atomic E-state index is 5.52. The molecule has 1 heterocycles. The average Bonchev–Trinajstić information content (AvgIpc) is 2.34. The zero-order chi connectivity index (χ0) is 13.9. The van der Waals surface area contributed by atoms with Gasteiger partial charge in [-0.15, -0.1) is 0 Å². The van der Waals surface area contributed by atoms with Crippen LogP contribution in [-0.4, -0.2) is 68.5 Å². The van der Waals surface area contributed by atoms with Crippen molar-refractivity contribution in [3.8, 4) is 0 Å². The van der Waals surface area contributed by atoms with Gasteiger partial charge in [0.05, 0.1) is 0 Å². The van der Waals surface area contributed by atoms with Crippen molar-refractivity contribution < 1.29 is 4.74 Å². The summed E-state index contributed by atoms with van der Waals surface area (Å²) in [6, 6.07) is 0. The molecule has 1 aliphatic carbocycles. The molecule has 0 amide bonds. The molecule has 0 N–H and O–H groups in total.